The van der Waals surface area contributed by atoms with Gasteiger partial charge in [0, 0.05) is 5.69 Å². The fraction of sp³-hybridized carbons (Fsp3) is 0.462. The van der Waals surface area contributed by atoms with Crippen molar-refractivity contribution in [2.75, 3.05) is 25.0 Å². The molecule has 0 aliphatic carbocycles. The van der Waals surface area contributed by atoms with Crippen molar-refractivity contribution in [1.82, 2.24) is 4.90 Å². The maximum absolute atomic E-state index is 12.4. The number of carbonyl (C=O) groups is 1. The van der Waals surface area contributed by atoms with Crippen molar-refractivity contribution in [3.63, 3.8) is 0 Å². The molecule has 0 saturated heterocycles. The van der Waals surface area contributed by atoms with Gasteiger partial charge in [-0.05, 0) is 37.4 Å². The number of likely N-dealkylation sites (N-methyl/N-ethyl adjacent to an activating group) is 1. The zero-order valence-electron chi connectivity index (χ0n) is 10.9. The normalized spacial score (nSPS) is 11.7. The Morgan fingerprint density at radius 3 is 2.11 bits per heavy atom. The second-order valence-corrected chi connectivity index (χ2v) is 4.08. The number of nitrogens with one attached hydrogen (secondary N) is 1. The lowest BCUT2D eigenvalue weighted by Crippen LogP contribution is -2.32. The largest absolute Gasteiger partial charge is 0.416 e. The molecule has 0 aliphatic rings. The van der Waals surface area contributed by atoms with E-state index in [1.54, 1.807) is 0 Å². The molecule has 1 aromatic rings. The van der Waals surface area contributed by atoms with Gasteiger partial charge in [-0.2, -0.15) is 13.2 Å². The topological polar surface area (TPSA) is 32.3 Å². The molecule has 19 heavy (non-hydrogen) atoms. The van der Waals surface area contributed by atoms with Gasteiger partial charge in [0.1, 0.15) is 0 Å². The van der Waals surface area contributed by atoms with Gasteiger partial charge in [0.25, 0.3) is 0 Å². The summed E-state index contributed by atoms with van der Waals surface area (Å²) in [6, 6.07) is 4.41. The van der Waals surface area contributed by atoms with Crippen LogP contribution in [0.5, 0.6) is 0 Å². The van der Waals surface area contributed by atoms with Crippen molar-refractivity contribution in [3.8, 4) is 0 Å². The zero-order chi connectivity index (χ0) is 14.5. The van der Waals surface area contributed by atoms with E-state index in [0.29, 0.717) is 5.69 Å². The number of anilines is 1. The molecule has 0 unspecified atom stereocenters. The number of alkyl halides is 3. The Bertz CT molecular complexity index is 411. The van der Waals surface area contributed by atoms with Crippen molar-refractivity contribution in [3.05, 3.63) is 29.8 Å². The molecule has 0 atom stereocenters. The molecule has 1 N–H and O–H groups in total. The molecule has 1 amide bonds. The molecule has 6 heteroatoms. The molecule has 0 radical (unpaired) electrons. The average Bonchev–Trinajstić information content (AvgIpc) is 2.35. The second-order valence-electron chi connectivity index (χ2n) is 4.08. The van der Waals surface area contributed by atoms with E-state index < -0.39 is 11.7 Å². The Balaban J connectivity index is 2.61. The van der Waals surface area contributed by atoms with Crippen LogP contribution in [0, 0.1) is 0 Å². The highest BCUT2D eigenvalue weighted by Crippen LogP contribution is 2.29. The number of amides is 1. The standard InChI is InChI=1S/C13H17F3N2O/c1-3-18(4-2)9-12(19)17-11-7-5-10(6-8-11)13(14,15)16/h5-8H,3-4,9H2,1-2H3,(H,17,19). The molecule has 0 aliphatic heterocycles. The minimum Gasteiger partial charge on any atom is -0.325 e. The van der Waals surface area contributed by atoms with Gasteiger partial charge in [-0.25, -0.2) is 0 Å². The van der Waals surface area contributed by atoms with Crippen molar-refractivity contribution in [2.24, 2.45) is 0 Å². The van der Waals surface area contributed by atoms with Gasteiger partial charge >= 0.3 is 6.18 Å². The van der Waals surface area contributed by atoms with Crippen molar-refractivity contribution < 1.29 is 18.0 Å². The summed E-state index contributed by atoms with van der Waals surface area (Å²) in [5, 5.41) is 2.57. The molecule has 1 rings (SSSR count). The van der Waals surface area contributed by atoms with Crippen LogP contribution in [0.3, 0.4) is 0 Å². The highest BCUT2D eigenvalue weighted by atomic mass is 19.4. The van der Waals surface area contributed by atoms with Gasteiger partial charge in [0.05, 0.1) is 12.1 Å². The summed E-state index contributed by atoms with van der Waals surface area (Å²) < 4.78 is 37.1. The lowest BCUT2D eigenvalue weighted by atomic mass is 10.2. The number of halogens is 3. The van der Waals surface area contributed by atoms with Gasteiger partial charge in [-0.3, -0.25) is 9.69 Å². The minimum atomic E-state index is -4.36. The summed E-state index contributed by atoms with van der Waals surface area (Å²) in [5.41, 5.74) is -0.362. The summed E-state index contributed by atoms with van der Waals surface area (Å²) in [6.45, 7) is 5.60. The molecular formula is C13H17F3N2O. The highest BCUT2D eigenvalue weighted by molar-refractivity contribution is 5.92. The number of carbonyl (C=O) groups excluding carboxylic acids is 1. The predicted octanol–water partition coefficient (Wildman–Crippen LogP) is 2.99. The third-order valence-electron chi connectivity index (χ3n) is 2.76. The molecule has 0 fully saturated rings. The first-order valence-electron chi connectivity index (χ1n) is 6.06. The number of rotatable bonds is 5. The summed E-state index contributed by atoms with van der Waals surface area (Å²) in [4.78, 5) is 13.6. The van der Waals surface area contributed by atoms with Crippen LogP contribution >= 0.6 is 0 Å². The summed E-state index contributed by atoms with van der Waals surface area (Å²) in [7, 11) is 0. The van der Waals surface area contributed by atoms with Crippen LogP contribution in [-0.2, 0) is 11.0 Å². The molecule has 0 bridgehead atoms. The zero-order valence-corrected chi connectivity index (χ0v) is 10.9. The van der Waals surface area contributed by atoms with Gasteiger partial charge < -0.3 is 5.32 Å². The van der Waals surface area contributed by atoms with Gasteiger partial charge in [0.15, 0.2) is 0 Å². The number of benzene rings is 1. The lowest BCUT2D eigenvalue weighted by molar-refractivity contribution is -0.137. The first kappa shape index (κ1) is 15.5. The lowest BCUT2D eigenvalue weighted by Gasteiger charge is -2.17. The third kappa shape index (κ3) is 4.90. The van der Waals surface area contributed by atoms with Crippen LogP contribution in [-0.4, -0.2) is 30.4 Å². The Morgan fingerprint density at radius 2 is 1.68 bits per heavy atom. The van der Waals surface area contributed by atoms with Crippen molar-refractivity contribution >= 4 is 11.6 Å². The van der Waals surface area contributed by atoms with Crippen LogP contribution in [0.15, 0.2) is 24.3 Å². The number of hydrogen-bond donors (Lipinski definition) is 1. The van der Waals surface area contributed by atoms with Crippen LogP contribution in [0.4, 0.5) is 18.9 Å². The second kappa shape index (κ2) is 6.56. The van der Waals surface area contributed by atoms with Crippen LogP contribution < -0.4 is 5.32 Å². The smallest absolute Gasteiger partial charge is 0.325 e. The van der Waals surface area contributed by atoms with E-state index in [9.17, 15) is 18.0 Å². The van der Waals surface area contributed by atoms with Gasteiger partial charge in [-0.1, -0.05) is 13.8 Å². The minimum absolute atomic E-state index is 0.230. The number of nitrogens with zero attached hydrogens (tertiary/aromatic N) is 1. The van der Waals surface area contributed by atoms with Gasteiger partial charge in [-0.15, -0.1) is 0 Å². The fourth-order valence-corrected chi connectivity index (χ4v) is 1.59. The molecular weight excluding hydrogens is 257 g/mol. The van der Waals surface area contributed by atoms with Crippen LogP contribution in [0.25, 0.3) is 0 Å². The molecule has 3 nitrogen and oxygen atoms in total. The van der Waals surface area contributed by atoms with E-state index in [1.807, 2.05) is 18.7 Å². The Hall–Kier alpha value is -1.56. The summed E-state index contributed by atoms with van der Waals surface area (Å²) in [6.07, 6.45) is -4.36. The third-order valence-corrected chi connectivity index (χ3v) is 2.76. The Kier molecular flexibility index (Phi) is 5.35. The van der Waals surface area contributed by atoms with Gasteiger partial charge in [0.2, 0.25) is 5.91 Å². The molecule has 106 valence electrons. The van der Waals surface area contributed by atoms with E-state index in [1.165, 1.54) is 12.1 Å². The summed E-state index contributed by atoms with van der Waals surface area (Å²) >= 11 is 0. The number of hydrogen-bond acceptors (Lipinski definition) is 2. The van der Waals surface area contributed by atoms with E-state index >= 15 is 0 Å². The molecule has 0 heterocycles. The maximum Gasteiger partial charge on any atom is 0.416 e. The monoisotopic (exact) mass is 274 g/mol. The van der Waals surface area contributed by atoms with E-state index in [0.717, 1.165) is 25.2 Å². The fourth-order valence-electron chi connectivity index (χ4n) is 1.59. The predicted molar refractivity (Wildman–Crippen MR) is 67.9 cm³/mol. The van der Waals surface area contributed by atoms with Crippen molar-refractivity contribution in [1.29, 1.82) is 0 Å². The van der Waals surface area contributed by atoms with Crippen molar-refractivity contribution in [2.45, 2.75) is 20.0 Å². The quantitative estimate of drug-likeness (QED) is 0.895. The highest BCUT2D eigenvalue weighted by Gasteiger charge is 2.29. The first-order chi connectivity index (χ1) is 8.86. The van der Waals surface area contributed by atoms with E-state index in [4.69, 9.17) is 0 Å². The average molecular weight is 274 g/mol. The summed E-state index contributed by atoms with van der Waals surface area (Å²) in [5.74, 6) is -0.233. The van der Waals surface area contributed by atoms with Crippen LogP contribution in [0.2, 0.25) is 0 Å². The van der Waals surface area contributed by atoms with Crippen LogP contribution in [0.1, 0.15) is 19.4 Å². The Morgan fingerprint density at radius 1 is 1.16 bits per heavy atom. The Labute approximate surface area is 110 Å². The maximum atomic E-state index is 12.4. The molecule has 0 spiro atoms. The van der Waals surface area contributed by atoms with E-state index in [-0.39, 0.29) is 12.5 Å². The molecule has 0 aromatic heterocycles. The molecule has 1 aromatic carbocycles. The SMILES string of the molecule is CCN(CC)CC(=O)Nc1ccc(C(F)(F)F)cc1. The van der Waals surface area contributed by atoms with E-state index in [2.05, 4.69) is 5.32 Å². The molecule has 0 saturated carbocycles. The first-order valence-corrected chi connectivity index (χ1v) is 6.06.